The third kappa shape index (κ3) is 2.09. The SMILES string of the molecule is N#Cc1ccc2c(c1)C1=C(CCNCC1)c1ccccc1O2. The van der Waals surface area contributed by atoms with Crippen molar-refractivity contribution in [3.8, 4) is 17.6 Å². The van der Waals surface area contributed by atoms with Crippen molar-refractivity contribution in [2.75, 3.05) is 13.1 Å². The van der Waals surface area contributed by atoms with Gasteiger partial charge in [0.15, 0.2) is 0 Å². The zero-order chi connectivity index (χ0) is 14.9. The number of nitrogens with one attached hydrogen (secondary N) is 1. The van der Waals surface area contributed by atoms with Crippen LogP contribution in [-0.2, 0) is 0 Å². The molecule has 0 saturated carbocycles. The first kappa shape index (κ1) is 13.1. The molecule has 0 unspecified atom stereocenters. The lowest BCUT2D eigenvalue weighted by atomic mass is 9.91. The van der Waals surface area contributed by atoms with Crippen LogP contribution in [0.4, 0.5) is 0 Å². The van der Waals surface area contributed by atoms with Gasteiger partial charge in [-0.15, -0.1) is 0 Å². The number of nitriles is 1. The molecule has 0 fully saturated rings. The van der Waals surface area contributed by atoms with Crippen LogP contribution in [0.1, 0.15) is 29.5 Å². The summed E-state index contributed by atoms with van der Waals surface area (Å²) >= 11 is 0. The molecular formula is C19H16N2O. The summed E-state index contributed by atoms with van der Waals surface area (Å²) in [6.07, 6.45) is 1.93. The summed E-state index contributed by atoms with van der Waals surface area (Å²) in [5.74, 6) is 1.75. The molecule has 0 aromatic heterocycles. The fourth-order valence-electron chi connectivity index (χ4n) is 3.30. The molecule has 0 atom stereocenters. The molecule has 2 aliphatic heterocycles. The highest BCUT2D eigenvalue weighted by atomic mass is 16.5. The van der Waals surface area contributed by atoms with E-state index in [1.165, 1.54) is 16.7 Å². The Kier molecular flexibility index (Phi) is 3.17. The lowest BCUT2D eigenvalue weighted by Crippen LogP contribution is -2.14. The Balaban J connectivity index is 2.01. The topological polar surface area (TPSA) is 45.0 Å². The Hall–Kier alpha value is -2.57. The summed E-state index contributed by atoms with van der Waals surface area (Å²) in [6, 6.07) is 16.1. The quantitative estimate of drug-likeness (QED) is 0.798. The van der Waals surface area contributed by atoms with Crippen LogP contribution in [0.2, 0.25) is 0 Å². The maximum Gasteiger partial charge on any atom is 0.135 e. The highest BCUT2D eigenvalue weighted by molar-refractivity contribution is 5.95. The molecule has 2 aliphatic rings. The molecule has 2 aromatic rings. The Labute approximate surface area is 129 Å². The molecule has 0 aliphatic carbocycles. The minimum atomic E-state index is 0.678. The van der Waals surface area contributed by atoms with Gasteiger partial charge in [0.25, 0.3) is 0 Å². The van der Waals surface area contributed by atoms with Gasteiger partial charge in [-0.25, -0.2) is 0 Å². The number of fused-ring (bicyclic) bond motifs is 4. The van der Waals surface area contributed by atoms with Gasteiger partial charge in [0.1, 0.15) is 11.5 Å². The van der Waals surface area contributed by atoms with Gasteiger partial charge in [-0.05, 0) is 61.3 Å². The van der Waals surface area contributed by atoms with E-state index < -0.39 is 0 Å². The van der Waals surface area contributed by atoms with Crippen LogP contribution in [0, 0.1) is 11.3 Å². The van der Waals surface area contributed by atoms with Crippen molar-refractivity contribution < 1.29 is 4.74 Å². The molecule has 108 valence electrons. The first-order valence-corrected chi connectivity index (χ1v) is 7.61. The Morgan fingerprint density at radius 3 is 2.45 bits per heavy atom. The molecule has 0 saturated heterocycles. The van der Waals surface area contributed by atoms with Crippen molar-refractivity contribution >= 4 is 11.1 Å². The average molecular weight is 288 g/mol. The van der Waals surface area contributed by atoms with E-state index in [4.69, 9.17) is 4.74 Å². The van der Waals surface area contributed by atoms with Crippen LogP contribution in [0.15, 0.2) is 42.5 Å². The summed E-state index contributed by atoms with van der Waals surface area (Å²) in [4.78, 5) is 0. The first-order valence-electron chi connectivity index (χ1n) is 7.61. The van der Waals surface area contributed by atoms with Crippen molar-refractivity contribution in [3.63, 3.8) is 0 Å². The smallest absolute Gasteiger partial charge is 0.135 e. The van der Waals surface area contributed by atoms with Crippen molar-refractivity contribution in [3.05, 3.63) is 59.2 Å². The molecule has 22 heavy (non-hydrogen) atoms. The lowest BCUT2D eigenvalue weighted by molar-refractivity contribution is 0.480. The number of ether oxygens (including phenoxy) is 1. The van der Waals surface area contributed by atoms with E-state index in [1.807, 2.05) is 30.3 Å². The maximum atomic E-state index is 9.22. The van der Waals surface area contributed by atoms with Crippen LogP contribution < -0.4 is 10.1 Å². The molecule has 0 radical (unpaired) electrons. The number of para-hydroxylation sites is 1. The maximum absolute atomic E-state index is 9.22. The molecule has 3 nitrogen and oxygen atoms in total. The molecule has 0 spiro atoms. The van der Waals surface area contributed by atoms with E-state index in [-0.39, 0.29) is 0 Å². The third-order valence-corrected chi connectivity index (χ3v) is 4.33. The Morgan fingerprint density at radius 1 is 0.909 bits per heavy atom. The van der Waals surface area contributed by atoms with E-state index in [2.05, 4.69) is 23.5 Å². The van der Waals surface area contributed by atoms with Gasteiger partial charge in [0.05, 0.1) is 11.6 Å². The van der Waals surface area contributed by atoms with Crippen molar-refractivity contribution in [2.24, 2.45) is 0 Å². The number of hydrogen-bond acceptors (Lipinski definition) is 3. The minimum Gasteiger partial charge on any atom is -0.456 e. The second-order valence-corrected chi connectivity index (χ2v) is 5.63. The van der Waals surface area contributed by atoms with E-state index in [1.54, 1.807) is 0 Å². The number of rotatable bonds is 0. The van der Waals surface area contributed by atoms with E-state index in [0.29, 0.717) is 5.56 Å². The van der Waals surface area contributed by atoms with E-state index >= 15 is 0 Å². The number of nitrogens with zero attached hydrogens (tertiary/aromatic N) is 1. The van der Waals surface area contributed by atoms with Gasteiger partial charge in [0, 0.05) is 11.1 Å². The summed E-state index contributed by atoms with van der Waals surface area (Å²) in [5, 5.41) is 12.7. The van der Waals surface area contributed by atoms with Gasteiger partial charge in [-0.1, -0.05) is 18.2 Å². The molecule has 1 N–H and O–H groups in total. The number of hydrogen-bond donors (Lipinski definition) is 1. The first-order chi connectivity index (χ1) is 10.9. The molecule has 4 rings (SSSR count). The zero-order valence-corrected chi connectivity index (χ0v) is 12.2. The second kappa shape index (κ2) is 5.32. The van der Waals surface area contributed by atoms with Crippen LogP contribution >= 0.6 is 0 Å². The minimum absolute atomic E-state index is 0.678. The predicted molar refractivity (Wildman–Crippen MR) is 86.6 cm³/mol. The molecule has 0 amide bonds. The van der Waals surface area contributed by atoms with Crippen LogP contribution in [-0.4, -0.2) is 13.1 Å². The summed E-state index contributed by atoms with van der Waals surface area (Å²) in [7, 11) is 0. The molecule has 2 heterocycles. The van der Waals surface area contributed by atoms with Gasteiger partial charge < -0.3 is 10.1 Å². The standard InChI is InChI=1S/C19H16N2O/c20-12-13-5-6-19-17(11-13)15-8-10-21-9-7-14(15)16-3-1-2-4-18(16)22-19/h1-6,11,21H,7-10H2. The summed E-state index contributed by atoms with van der Waals surface area (Å²) in [6.45, 7) is 1.93. The van der Waals surface area contributed by atoms with Crippen molar-refractivity contribution in [2.45, 2.75) is 12.8 Å². The fraction of sp³-hybridized carbons (Fsp3) is 0.211. The molecular weight excluding hydrogens is 272 g/mol. The van der Waals surface area contributed by atoms with E-state index in [9.17, 15) is 5.26 Å². The summed E-state index contributed by atoms with van der Waals surface area (Å²) in [5.41, 5.74) is 5.57. The molecule has 0 bridgehead atoms. The van der Waals surface area contributed by atoms with Gasteiger partial charge >= 0.3 is 0 Å². The average Bonchev–Trinajstić information content (AvgIpc) is 2.87. The zero-order valence-electron chi connectivity index (χ0n) is 12.2. The predicted octanol–water partition coefficient (Wildman–Crippen LogP) is 3.96. The highest BCUT2D eigenvalue weighted by Crippen LogP contribution is 2.45. The van der Waals surface area contributed by atoms with Crippen LogP contribution in [0.3, 0.4) is 0 Å². The van der Waals surface area contributed by atoms with E-state index in [0.717, 1.165) is 43.0 Å². The number of benzene rings is 2. The third-order valence-electron chi connectivity index (χ3n) is 4.33. The molecule has 2 aromatic carbocycles. The van der Waals surface area contributed by atoms with Crippen molar-refractivity contribution in [1.29, 1.82) is 5.26 Å². The van der Waals surface area contributed by atoms with Gasteiger partial charge in [-0.2, -0.15) is 5.26 Å². The van der Waals surface area contributed by atoms with Crippen LogP contribution in [0.25, 0.3) is 11.1 Å². The fourth-order valence-corrected chi connectivity index (χ4v) is 3.30. The largest absolute Gasteiger partial charge is 0.456 e. The normalized spacial score (nSPS) is 16.3. The molecule has 3 heteroatoms. The van der Waals surface area contributed by atoms with Crippen LogP contribution in [0.5, 0.6) is 11.5 Å². The second-order valence-electron chi connectivity index (χ2n) is 5.63. The highest BCUT2D eigenvalue weighted by Gasteiger charge is 2.24. The van der Waals surface area contributed by atoms with Gasteiger partial charge in [-0.3, -0.25) is 0 Å². The lowest BCUT2D eigenvalue weighted by Gasteiger charge is -2.11. The van der Waals surface area contributed by atoms with Crippen molar-refractivity contribution in [1.82, 2.24) is 5.32 Å². The Bertz CT molecular complexity index is 814. The monoisotopic (exact) mass is 288 g/mol. The van der Waals surface area contributed by atoms with Gasteiger partial charge in [0.2, 0.25) is 0 Å². The summed E-state index contributed by atoms with van der Waals surface area (Å²) < 4.78 is 6.16. The Morgan fingerprint density at radius 2 is 1.64 bits per heavy atom.